The monoisotopic (exact) mass is 386 g/mol. The summed E-state index contributed by atoms with van der Waals surface area (Å²) in [5.74, 6) is -0.0484. The fraction of sp³-hybridized carbons (Fsp3) is 0.353. The van der Waals surface area contributed by atoms with Crippen LogP contribution in [0.5, 0.6) is 0 Å². The second-order valence-electron chi connectivity index (χ2n) is 6.52. The van der Waals surface area contributed by atoms with Gasteiger partial charge in [-0.05, 0) is 13.0 Å². The number of thiazole rings is 1. The third-order valence-electron chi connectivity index (χ3n) is 4.62. The summed E-state index contributed by atoms with van der Waals surface area (Å²) in [5.41, 5.74) is 2.19. The first kappa shape index (κ1) is 17.4. The van der Waals surface area contributed by atoms with Gasteiger partial charge in [0.1, 0.15) is 0 Å². The summed E-state index contributed by atoms with van der Waals surface area (Å²) in [5, 5.41) is 16.0. The molecule has 1 aliphatic rings. The lowest BCUT2D eigenvalue weighted by molar-refractivity contribution is -0.384. The number of nitrogens with zero attached hydrogens (tertiary/aromatic N) is 6. The molecular weight excluding hydrogens is 368 g/mol. The van der Waals surface area contributed by atoms with Crippen LogP contribution in [0.2, 0.25) is 0 Å². The van der Waals surface area contributed by atoms with E-state index in [0.717, 1.165) is 20.9 Å². The molecule has 9 nitrogen and oxygen atoms in total. The lowest BCUT2D eigenvalue weighted by Gasteiger charge is -2.34. The SMILES string of the molecule is Cc1cn(C)nc1C(=O)N1CCN(c2nc3ccc([N+](=O)[O-])cc3s2)CC1. The summed E-state index contributed by atoms with van der Waals surface area (Å²) < 4.78 is 2.45. The van der Waals surface area contributed by atoms with E-state index in [4.69, 9.17) is 0 Å². The van der Waals surface area contributed by atoms with Crippen molar-refractivity contribution in [2.75, 3.05) is 31.1 Å². The summed E-state index contributed by atoms with van der Waals surface area (Å²) in [6.45, 7) is 4.39. The molecule has 4 rings (SSSR count). The molecule has 0 unspecified atom stereocenters. The van der Waals surface area contributed by atoms with Crippen molar-refractivity contribution in [1.29, 1.82) is 0 Å². The van der Waals surface area contributed by atoms with Gasteiger partial charge in [-0.25, -0.2) is 4.98 Å². The molecule has 3 aromatic rings. The van der Waals surface area contributed by atoms with Crippen LogP contribution in [0.3, 0.4) is 0 Å². The zero-order valence-corrected chi connectivity index (χ0v) is 15.8. The molecule has 0 bridgehead atoms. The first-order valence-corrected chi connectivity index (χ1v) is 9.33. The van der Waals surface area contributed by atoms with Gasteiger partial charge in [0.05, 0.1) is 15.1 Å². The average Bonchev–Trinajstić information content (AvgIpc) is 3.23. The van der Waals surface area contributed by atoms with Gasteiger partial charge in [0.25, 0.3) is 11.6 Å². The van der Waals surface area contributed by atoms with Crippen molar-refractivity contribution >= 4 is 38.3 Å². The third kappa shape index (κ3) is 3.23. The zero-order chi connectivity index (χ0) is 19.1. The van der Waals surface area contributed by atoms with Crippen LogP contribution in [-0.4, -0.2) is 56.7 Å². The minimum Gasteiger partial charge on any atom is -0.345 e. The molecule has 1 amide bonds. The maximum Gasteiger partial charge on any atom is 0.274 e. The molecule has 10 heteroatoms. The molecule has 0 radical (unpaired) electrons. The minimum atomic E-state index is -0.400. The quantitative estimate of drug-likeness (QED) is 0.506. The number of benzene rings is 1. The number of nitro groups is 1. The van der Waals surface area contributed by atoms with E-state index in [0.29, 0.717) is 31.9 Å². The maximum atomic E-state index is 12.7. The van der Waals surface area contributed by atoms with Crippen molar-refractivity contribution in [2.24, 2.45) is 7.05 Å². The van der Waals surface area contributed by atoms with Gasteiger partial charge in [-0.15, -0.1) is 0 Å². The van der Waals surface area contributed by atoms with Crippen molar-refractivity contribution < 1.29 is 9.72 Å². The summed E-state index contributed by atoms with van der Waals surface area (Å²) in [4.78, 5) is 31.7. The maximum absolute atomic E-state index is 12.7. The van der Waals surface area contributed by atoms with Crippen LogP contribution < -0.4 is 4.90 Å². The molecule has 1 fully saturated rings. The molecule has 0 spiro atoms. The zero-order valence-electron chi connectivity index (χ0n) is 15.0. The van der Waals surface area contributed by atoms with Crippen LogP contribution >= 0.6 is 11.3 Å². The lowest BCUT2D eigenvalue weighted by atomic mass is 10.2. The number of amides is 1. The first-order valence-electron chi connectivity index (χ1n) is 8.52. The largest absolute Gasteiger partial charge is 0.345 e. The molecule has 2 aromatic heterocycles. The summed E-state index contributed by atoms with van der Waals surface area (Å²) in [7, 11) is 1.80. The number of non-ortho nitro benzene ring substituents is 1. The molecular formula is C17H18N6O3S. The highest BCUT2D eigenvalue weighted by molar-refractivity contribution is 7.22. The van der Waals surface area contributed by atoms with E-state index in [1.807, 2.05) is 18.0 Å². The highest BCUT2D eigenvalue weighted by Gasteiger charge is 2.26. The Kier molecular flexibility index (Phi) is 4.27. The Morgan fingerprint density at radius 2 is 2.00 bits per heavy atom. The lowest BCUT2D eigenvalue weighted by Crippen LogP contribution is -2.49. The summed E-state index contributed by atoms with van der Waals surface area (Å²) >= 11 is 1.44. The molecule has 27 heavy (non-hydrogen) atoms. The van der Waals surface area contributed by atoms with E-state index in [2.05, 4.69) is 15.0 Å². The van der Waals surface area contributed by atoms with Crippen LogP contribution in [0.15, 0.2) is 24.4 Å². The fourth-order valence-electron chi connectivity index (χ4n) is 3.22. The van der Waals surface area contributed by atoms with Gasteiger partial charge in [0, 0.05) is 57.1 Å². The highest BCUT2D eigenvalue weighted by atomic mass is 32.1. The van der Waals surface area contributed by atoms with Gasteiger partial charge >= 0.3 is 0 Å². The predicted octanol–water partition coefficient (Wildman–Crippen LogP) is 2.21. The molecule has 0 N–H and O–H groups in total. The van der Waals surface area contributed by atoms with Crippen LogP contribution in [0.1, 0.15) is 16.1 Å². The minimum absolute atomic E-state index is 0.0484. The van der Waals surface area contributed by atoms with E-state index in [1.165, 1.54) is 17.4 Å². The number of piperazine rings is 1. The molecule has 1 aliphatic heterocycles. The summed E-state index contributed by atoms with van der Waals surface area (Å²) in [6.07, 6.45) is 1.84. The van der Waals surface area contributed by atoms with Crippen molar-refractivity contribution in [1.82, 2.24) is 19.7 Å². The van der Waals surface area contributed by atoms with Gasteiger partial charge in [-0.2, -0.15) is 5.10 Å². The number of anilines is 1. The van der Waals surface area contributed by atoms with Crippen molar-refractivity contribution in [3.63, 3.8) is 0 Å². The van der Waals surface area contributed by atoms with Crippen LogP contribution in [0.4, 0.5) is 10.8 Å². The first-order chi connectivity index (χ1) is 12.9. The van der Waals surface area contributed by atoms with Crippen LogP contribution in [-0.2, 0) is 7.05 Å². The molecule has 0 aliphatic carbocycles. The van der Waals surface area contributed by atoms with Crippen molar-refractivity contribution in [3.8, 4) is 0 Å². The Hall–Kier alpha value is -3.01. The van der Waals surface area contributed by atoms with Crippen molar-refractivity contribution in [2.45, 2.75) is 6.92 Å². The number of hydrogen-bond donors (Lipinski definition) is 0. The van der Waals surface area contributed by atoms with Gasteiger partial charge in [0.15, 0.2) is 10.8 Å². The Bertz CT molecular complexity index is 1030. The number of aryl methyl sites for hydroxylation is 2. The number of aromatic nitrogens is 3. The molecule has 0 saturated carbocycles. The molecule has 0 atom stereocenters. The normalized spacial score (nSPS) is 14.7. The number of fused-ring (bicyclic) bond motifs is 1. The number of carbonyl (C=O) groups excluding carboxylic acids is 1. The summed E-state index contributed by atoms with van der Waals surface area (Å²) in [6, 6.07) is 4.70. The Balaban J connectivity index is 1.47. The molecule has 140 valence electrons. The van der Waals surface area contributed by atoms with Crippen molar-refractivity contribution in [3.05, 3.63) is 45.8 Å². The second-order valence-corrected chi connectivity index (χ2v) is 7.53. The standard InChI is InChI=1S/C17H18N6O3S/c1-11-10-20(2)19-15(11)16(24)21-5-7-22(8-6-21)17-18-13-4-3-12(23(25)26)9-14(13)27-17/h3-4,9-10H,5-8H2,1-2H3. The molecule has 1 saturated heterocycles. The third-order valence-corrected chi connectivity index (χ3v) is 5.70. The van der Waals surface area contributed by atoms with Crippen LogP contribution in [0, 0.1) is 17.0 Å². The average molecular weight is 386 g/mol. The molecule has 1 aromatic carbocycles. The van der Waals surface area contributed by atoms with E-state index < -0.39 is 4.92 Å². The number of hydrogen-bond acceptors (Lipinski definition) is 7. The fourth-order valence-corrected chi connectivity index (χ4v) is 4.27. The Morgan fingerprint density at radius 1 is 1.26 bits per heavy atom. The van der Waals surface area contributed by atoms with Gasteiger partial charge in [-0.1, -0.05) is 11.3 Å². The Morgan fingerprint density at radius 3 is 2.63 bits per heavy atom. The van der Waals surface area contributed by atoms with E-state index in [1.54, 1.807) is 23.9 Å². The number of nitro benzene ring substituents is 1. The van der Waals surface area contributed by atoms with Gasteiger partial charge in [-0.3, -0.25) is 19.6 Å². The van der Waals surface area contributed by atoms with E-state index in [-0.39, 0.29) is 11.6 Å². The number of carbonyl (C=O) groups is 1. The predicted molar refractivity (Wildman–Crippen MR) is 102 cm³/mol. The number of rotatable bonds is 3. The van der Waals surface area contributed by atoms with Crippen LogP contribution in [0.25, 0.3) is 10.2 Å². The van der Waals surface area contributed by atoms with Gasteiger partial charge < -0.3 is 9.80 Å². The van der Waals surface area contributed by atoms with E-state index >= 15 is 0 Å². The van der Waals surface area contributed by atoms with Gasteiger partial charge in [0.2, 0.25) is 0 Å². The smallest absolute Gasteiger partial charge is 0.274 e. The highest BCUT2D eigenvalue weighted by Crippen LogP contribution is 2.31. The van der Waals surface area contributed by atoms with E-state index in [9.17, 15) is 14.9 Å². The molecule has 3 heterocycles. The second kappa shape index (κ2) is 6.62. The topological polar surface area (TPSA) is 97.4 Å². The Labute approximate surface area is 159 Å².